The van der Waals surface area contributed by atoms with Gasteiger partial charge in [-0.05, 0) is 96.1 Å². The van der Waals surface area contributed by atoms with Crippen LogP contribution in [0.1, 0.15) is 0 Å². The molecule has 4 heteroatoms. The quantitative estimate of drug-likeness (QED) is 0.170. The summed E-state index contributed by atoms with van der Waals surface area (Å²) in [6.07, 6.45) is 0. The minimum absolute atomic E-state index is 0.891. The maximum Gasteiger partial charge on any atom is 0.160 e. The first kappa shape index (κ1) is 32.4. The van der Waals surface area contributed by atoms with Gasteiger partial charge in [0.15, 0.2) is 11.2 Å². The zero-order valence-corrected chi connectivity index (χ0v) is 31.5. The molecule has 0 spiro atoms. The third-order valence-electron chi connectivity index (χ3n) is 11.7. The van der Waals surface area contributed by atoms with Crippen molar-refractivity contribution >= 4 is 82.6 Å². The summed E-state index contributed by atoms with van der Waals surface area (Å²) in [7, 11) is 0. The van der Waals surface area contributed by atoms with Crippen LogP contribution in [0.2, 0.25) is 0 Å². The molecule has 12 rings (SSSR count). The fourth-order valence-corrected chi connectivity index (χ4v) is 9.11. The molecule has 0 aliphatic rings. The summed E-state index contributed by atoms with van der Waals surface area (Å²) in [4.78, 5) is 2.29. The summed E-state index contributed by atoms with van der Waals surface area (Å²) in [5.74, 6) is 0. The van der Waals surface area contributed by atoms with Gasteiger partial charge in [-0.25, -0.2) is 0 Å². The van der Waals surface area contributed by atoms with E-state index in [1.165, 1.54) is 21.5 Å². The van der Waals surface area contributed by atoms with E-state index in [9.17, 15) is 0 Å². The van der Waals surface area contributed by atoms with Crippen molar-refractivity contribution in [2.24, 2.45) is 0 Å². The van der Waals surface area contributed by atoms with Crippen molar-refractivity contribution in [2.45, 2.75) is 0 Å². The molecule has 12 aromatic rings. The Morgan fingerprint density at radius 3 is 1.17 bits per heavy atom. The van der Waals surface area contributed by atoms with Crippen molar-refractivity contribution in [3.05, 3.63) is 212 Å². The highest BCUT2D eigenvalue weighted by atomic mass is 16.3. The van der Waals surface area contributed by atoms with Crippen molar-refractivity contribution in [1.82, 2.24) is 9.13 Å². The van der Waals surface area contributed by atoms with E-state index in [0.29, 0.717) is 0 Å². The molecule has 0 unspecified atom stereocenters. The number of anilines is 3. The van der Waals surface area contributed by atoms with Crippen LogP contribution in [0.3, 0.4) is 0 Å². The third-order valence-corrected chi connectivity index (χ3v) is 11.7. The number of benzene rings is 9. The molecule has 4 nitrogen and oxygen atoms in total. The predicted octanol–water partition coefficient (Wildman–Crippen LogP) is 14.9. The fraction of sp³-hybridized carbons (Fsp3) is 0. The van der Waals surface area contributed by atoms with E-state index >= 15 is 0 Å². The van der Waals surface area contributed by atoms with E-state index < -0.39 is 0 Å². The number of hydrogen-bond acceptors (Lipinski definition) is 2. The van der Waals surface area contributed by atoms with Gasteiger partial charge in [0, 0.05) is 60.8 Å². The van der Waals surface area contributed by atoms with Gasteiger partial charge in [-0.1, -0.05) is 127 Å². The molecule has 0 N–H and O–H groups in total. The highest BCUT2D eigenvalue weighted by Crippen LogP contribution is 2.44. The van der Waals surface area contributed by atoms with Crippen LogP contribution in [-0.4, -0.2) is 9.13 Å². The first-order chi connectivity index (χ1) is 28.8. The second-order valence-corrected chi connectivity index (χ2v) is 14.9. The van der Waals surface area contributed by atoms with Crippen LogP contribution < -0.4 is 4.90 Å². The second-order valence-electron chi connectivity index (χ2n) is 14.9. The third kappa shape index (κ3) is 4.88. The highest BCUT2D eigenvalue weighted by molar-refractivity contribution is 6.26. The van der Waals surface area contributed by atoms with E-state index in [0.717, 1.165) is 83.6 Å². The Balaban J connectivity index is 1.01. The zero-order valence-electron chi connectivity index (χ0n) is 31.5. The molecule has 9 aromatic carbocycles. The van der Waals surface area contributed by atoms with Gasteiger partial charge in [0.1, 0.15) is 0 Å². The van der Waals surface area contributed by atoms with Gasteiger partial charge in [-0.15, -0.1) is 0 Å². The maximum atomic E-state index is 7.20. The normalized spacial score (nSPS) is 11.8. The number of aromatic nitrogens is 2. The van der Waals surface area contributed by atoms with Gasteiger partial charge < -0.3 is 18.5 Å². The molecule has 272 valence electrons. The standard InChI is InChI=1S/C54H35N3O/c1-4-14-38(15-5-1)55(39-16-6-2-7-17-39)41-28-24-36(25-29-41)37-26-30-42(31-27-37)57-50-23-13-11-21-44(50)46-33-35-48-47-34-32-45-43-20-10-12-22-49(43)56(40-18-8-3-9-19-40)51(45)53(47)58-54(48)52(46)57/h1-35H. The second kappa shape index (κ2) is 12.9. The minimum atomic E-state index is 0.891. The maximum absolute atomic E-state index is 7.20. The average molecular weight is 742 g/mol. The van der Waals surface area contributed by atoms with E-state index in [4.69, 9.17) is 4.42 Å². The number of fused-ring (bicyclic) bond motifs is 11. The van der Waals surface area contributed by atoms with Gasteiger partial charge in [0.25, 0.3) is 0 Å². The molecule has 0 bridgehead atoms. The van der Waals surface area contributed by atoms with Crippen LogP contribution in [0.25, 0.3) is 88.1 Å². The lowest BCUT2D eigenvalue weighted by Crippen LogP contribution is -2.09. The van der Waals surface area contributed by atoms with Crippen LogP contribution in [0.15, 0.2) is 217 Å². The number of nitrogens with zero attached hydrogens (tertiary/aromatic N) is 3. The lowest BCUT2D eigenvalue weighted by molar-refractivity contribution is 0.673. The molecule has 0 fully saturated rings. The Morgan fingerprint density at radius 2 is 0.672 bits per heavy atom. The van der Waals surface area contributed by atoms with Crippen molar-refractivity contribution in [1.29, 1.82) is 0 Å². The molecule has 3 heterocycles. The Morgan fingerprint density at radius 1 is 0.293 bits per heavy atom. The van der Waals surface area contributed by atoms with Crippen molar-refractivity contribution in [3.8, 4) is 22.5 Å². The fourth-order valence-electron chi connectivity index (χ4n) is 9.11. The van der Waals surface area contributed by atoms with Gasteiger partial charge in [-0.3, -0.25) is 0 Å². The lowest BCUT2D eigenvalue weighted by atomic mass is 10.0. The monoisotopic (exact) mass is 741 g/mol. The first-order valence-electron chi connectivity index (χ1n) is 19.8. The number of para-hydroxylation sites is 5. The minimum Gasteiger partial charge on any atom is -0.452 e. The Hall–Kier alpha value is -7.82. The van der Waals surface area contributed by atoms with E-state index in [1.807, 2.05) is 0 Å². The van der Waals surface area contributed by atoms with Gasteiger partial charge in [0.05, 0.1) is 22.1 Å². The zero-order chi connectivity index (χ0) is 38.2. The van der Waals surface area contributed by atoms with Gasteiger partial charge >= 0.3 is 0 Å². The summed E-state index contributed by atoms with van der Waals surface area (Å²) >= 11 is 0. The number of furan rings is 1. The summed E-state index contributed by atoms with van der Waals surface area (Å²) in [6.45, 7) is 0. The molecule has 0 saturated carbocycles. The van der Waals surface area contributed by atoms with Crippen LogP contribution in [0.5, 0.6) is 0 Å². The number of hydrogen-bond donors (Lipinski definition) is 0. The van der Waals surface area contributed by atoms with Gasteiger partial charge in [0.2, 0.25) is 0 Å². The van der Waals surface area contributed by atoms with E-state index in [2.05, 4.69) is 226 Å². The largest absolute Gasteiger partial charge is 0.452 e. The Bertz CT molecular complexity index is 3430. The summed E-state index contributed by atoms with van der Waals surface area (Å²) in [5, 5.41) is 6.97. The van der Waals surface area contributed by atoms with Crippen molar-refractivity contribution < 1.29 is 4.42 Å². The molecular weight excluding hydrogens is 707 g/mol. The molecule has 3 aromatic heterocycles. The van der Waals surface area contributed by atoms with Crippen molar-refractivity contribution in [2.75, 3.05) is 4.90 Å². The first-order valence-corrected chi connectivity index (χ1v) is 19.8. The molecule has 0 radical (unpaired) electrons. The predicted molar refractivity (Wildman–Crippen MR) is 243 cm³/mol. The van der Waals surface area contributed by atoms with Crippen LogP contribution in [0, 0.1) is 0 Å². The van der Waals surface area contributed by atoms with Crippen LogP contribution in [0.4, 0.5) is 17.1 Å². The Labute approximate surface area is 334 Å². The average Bonchev–Trinajstić information content (AvgIpc) is 3.96. The molecule has 0 amide bonds. The van der Waals surface area contributed by atoms with Crippen LogP contribution >= 0.6 is 0 Å². The molecular formula is C54H35N3O. The van der Waals surface area contributed by atoms with Crippen molar-refractivity contribution in [3.63, 3.8) is 0 Å². The van der Waals surface area contributed by atoms with E-state index in [-0.39, 0.29) is 0 Å². The number of rotatable bonds is 6. The highest BCUT2D eigenvalue weighted by Gasteiger charge is 2.23. The van der Waals surface area contributed by atoms with Gasteiger partial charge in [-0.2, -0.15) is 0 Å². The molecule has 0 aliphatic carbocycles. The van der Waals surface area contributed by atoms with E-state index in [1.54, 1.807) is 0 Å². The van der Waals surface area contributed by atoms with Crippen LogP contribution in [-0.2, 0) is 0 Å². The SMILES string of the molecule is c1ccc(N(c2ccccc2)c2ccc(-c3ccc(-n4c5ccccc5c5ccc6c7ccc8c9ccccc9n(-c9ccccc9)c8c7oc6c54)cc3)cc2)cc1. The summed E-state index contributed by atoms with van der Waals surface area (Å²) in [5.41, 5.74) is 14.1. The molecule has 0 saturated heterocycles. The lowest BCUT2D eigenvalue weighted by Gasteiger charge is -2.25. The summed E-state index contributed by atoms with van der Waals surface area (Å²) < 4.78 is 11.9. The summed E-state index contributed by atoms with van der Waals surface area (Å²) in [6, 6.07) is 75.8. The molecule has 0 aliphatic heterocycles. The molecule has 58 heavy (non-hydrogen) atoms. The smallest absolute Gasteiger partial charge is 0.160 e. The topological polar surface area (TPSA) is 26.2 Å². The molecule has 0 atom stereocenters. The Kier molecular flexibility index (Phi) is 7.20.